The molecule has 25 heavy (non-hydrogen) atoms. The van der Waals surface area contributed by atoms with Gasteiger partial charge in [0.05, 0.1) is 5.25 Å². The monoisotopic (exact) mass is 376 g/mol. The van der Waals surface area contributed by atoms with Crippen LogP contribution in [0.15, 0.2) is 11.4 Å². The van der Waals surface area contributed by atoms with Crippen LogP contribution in [0.4, 0.5) is 4.79 Å². The molecule has 0 spiro atoms. The van der Waals surface area contributed by atoms with E-state index in [1.807, 2.05) is 6.92 Å². The molecule has 2 aliphatic rings. The number of thiophene rings is 1. The third kappa shape index (κ3) is 3.01. The Hall–Kier alpha value is -1.67. The number of urea groups is 1. The van der Waals surface area contributed by atoms with Gasteiger partial charge in [-0.3, -0.25) is 9.69 Å². The smallest absolute Gasteiger partial charge is 0.324 e. The molecule has 1 fully saturated rings. The number of carbonyl (C=O) groups excluding carboxylic acids is 2. The number of thioether (sulfide) groups is 1. The first-order chi connectivity index (χ1) is 12.0. The highest BCUT2D eigenvalue weighted by atomic mass is 32.2. The van der Waals surface area contributed by atoms with Crippen molar-refractivity contribution in [1.29, 1.82) is 0 Å². The lowest BCUT2D eigenvalue weighted by molar-refractivity contribution is -0.126. The van der Waals surface area contributed by atoms with Gasteiger partial charge in [-0.15, -0.1) is 11.3 Å². The molecule has 1 saturated heterocycles. The first kappa shape index (κ1) is 16.8. The van der Waals surface area contributed by atoms with Crippen LogP contribution in [0.3, 0.4) is 0 Å². The van der Waals surface area contributed by atoms with E-state index in [1.54, 1.807) is 17.7 Å². The predicted octanol–water partition coefficient (Wildman–Crippen LogP) is 2.85. The third-order valence-electron chi connectivity index (χ3n) is 4.82. The molecule has 1 aliphatic carbocycles. The van der Waals surface area contributed by atoms with E-state index in [-0.39, 0.29) is 17.2 Å². The lowest BCUT2D eigenvalue weighted by atomic mass is 9.89. The fraction of sp³-hybridized carbons (Fsp3) is 0.529. The summed E-state index contributed by atoms with van der Waals surface area (Å²) in [6.07, 6.45) is 4.91. The Labute approximate surface area is 154 Å². The maximum atomic E-state index is 12.6. The van der Waals surface area contributed by atoms with Crippen LogP contribution in [0.25, 0.3) is 10.2 Å². The first-order valence-corrected chi connectivity index (χ1v) is 10.3. The second-order valence-electron chi connectivity index (χ2n) is 6.69. The van der Waals surface area contributed by atoms with Crippen molar-refractivity contribution in [2.75, 3.05) is 13.1 Å². The van der Waals surface area contributed by atoms with Crippen molar-refractivity contribution in [3.63, 3.8) is 0 Å². The Kier molecular flexibility index (Phi) is 4.41. The van der Waals surface area contributed by atoms with E-state index in [0.29, 0.717) is 19.0 Å². The van der Waals surface area contributed by atoms with Gasteiger partial charge in [-0.1, -0.05) is 18.7 Å². The van der Waals surface area contributed by atoms with E-state index in [1.165, 1.54) is 33.5 Å². The number of amides is 3. The minimum absolute atomic E-state index is 0.163. The van der Waals surface area contributed by atoms with Gasteiger partial charge in [0.25, 0.3) is 0 Å². The van der Waals surface area contributed by atoms with Crippen LogP contribution in [-0.4, -0.2) is 45.1 Å². The standard InChI is InChI=1S/C17H20N4O2S2/c1-9-3-4-11-12(7-9)25-15-13(11)14(19-8-20-15)24-10(2)16(22)21-6-5-18-17(21)23/h8-10H,3-7H2,1-2H3,(H,18,23)/t9-,10+/m0/s1. The van der Waals surface area contributed by atoms with Crippen LogP contribution >= 0.6 is 23.1 Å². The molecule has 0 unspecified atom stereocenters. The fourth-order valence-corrected chi connectivity index (χ4v) is 5.88. The molecule has 2 atom stereocenters. The van der Waals surface area contributed by atoms with Gasteiger partial charge in [0.2, 0.25) is 5.91 Å². The van der Waals surface area contributed by atoms with Crippen molar-refractivity contribution in [1.82, 2.24) is 20.2 Å². The van der Waals surface area contributed by atoms with E-state index < -0.39 is 0 Å². The summed E-state index contributed by atoms with van der Waals surface area (Å²) in [6.45, 7) is 5.09. The van der Waals surface area contributed by atoms with E-state index >= 15 is 0 Å². The Morgan fingerprint density at radius 3 is 3.08 bits per heavy atom. The number of nitrogens with zero attached hydrogens (tertiary/aromatic N) is 3. The summed E-state index contributed by atoms with van der Waals surface area (Å²) in [5, 5.41) is 4.29. The highest BCUT2D eigenvalue weighted by Crippen LogP contribution is 2.41. The number of carbonyl (C=O) groups is 2. The van der Waals surface area contributed by atoms with Gasteiger partial charge in [0, 0.05) is 23.4 Å². The average Bonchev–Trinajstić information content (AvgIpc) is 3.17. The quantitative estimate of drug-likeness (QED) is 0.658. The van der Waals surface area contributed by atoms with Crippen LogP contribution in [0.5, 0.6) is 0 Å². The van der Waals surface area contributed by atoms with E-state index in [2.05, 4.69) is 22.2 Å². The van der Waals surface area contributed by atoms with Crippen molar-refractivity contribution in [3.05, 3.63) is 16.8 Å². The van der Waals surface area contributed by atoms with Crippen molar-refractivity contribution in [3.8, 4) is 0 Å². The predicted molar refractivity (Wildman–Crippen MR) is 99.0 cm³/mol. The molecule has 0 bridgehead atoms. The van der Waals surface area contributed by atoms with Crippen LogP contribution in [0.2, 0.25) is 0 Å². The Balaban J connectivity index is 1.63. The molecule has 0 saturated carbocycles. The van der Waals surface area contributed by atoms with E-state index in [4.69, 9.17) is 0 Å². The summed E-state index contributed by atoms with van der Waals surface area (Å²) >= 11 is 3.19. The van der Waals surface area contributed by atoms with Gasteiger partial charge in [0.15, 0.2) is 0 Å². The van der Waals surface area contributed by atoms with Gasteiger partial charge in [-0.25, -0.2) is 14.8 Å². The van der Waals surface area contributed by atoms with Crippen LogP contribution < -0.4 is 5.32 Å². The summed E-state index contributed by atoms with van der Waals surface area (Å²) in [6, 6.07) is -0.299. The summed E-state index contributed by atoms with van der Waals surface area (Å²) in [5.74, 6) is 0.545. The summed E-state index contributed by atoms with van der Waals surface area (Å²) in [5.41, 5.74) is 1.36. The van der Waals surface area contributed by atoms with Crippen molar-refractivity contribution in [2.45, 2.75) is 43.4 Å². The summed E-state index contributed by atoms with van der Waals surface area (Å²) < 4.78 is 0. The maximum absolute atomic E-state index is 12.6. The van der Waals surface area contributed by atoms with Gasteiger partial charge in [0.1, 0.15) is 16.2 Å². The second kappa shape index (κ2) is 6.57. The maximum Gasteiger partial charge on any atom is 0.324 e. The zero-order valence-corrected chi connectivity index (χ0v) is 15.9. The first-order valence-electron chi connectivity index (χ1n) is 8.55. The zero-order chi connectivity index (χ0) is 17.6. The summed E-state index contributed by atoms with van der Waals surface area (Å²) in [4.78, 5) is 36.9. The molecule has 4 rings (SSSR count). The molecule has 1 aliphatic heterocycles. The van der Waals surface area contributed by atoms with Crippen LogP contribution in [-0.2, 0) is 17.6 Å². The largest absolute Gasteiger partial charge is 0.336 e. The normalized spacial score (nSPS) is 21.3. The topological polar surface area (TPSA) is 75.2 Å². The Bertz CT molecular complexity index is 851. The van der Waals surface area contributed by atoms with E-state index in [0.717, 1.165) is 28.1 Å². The minimum atomic E-state index is -0.361. The molecule has 0 aromatic carbocycles. The number of nitrogens with one attached hydrogen (secondary N) is 1. The van der Waals surface area contributed by atoms with E-state index in [9.17, 15) is 9.59 Å². The summed E-state index contributed by atoms with van der Waals surface area (Å²) in [7, 11) is 0. The van der Waals surface area contributed by atoms with Crippen molar-refractivity contribution >= 4 is 45.3 Å². The number of aryl methyl sites for hydroxylation is 1. The molecule has 3 heterocycles. The second-order valence-corrected chi connectivity index (χ2v) is 9.11. The number of hydrogen-bond acceptors (Lipinski definition) is 6. The number of hydrogen-bond donors (Lipinski definition) is 1. The fourth-order valence-electron chi connectivity index (χ4n) is 3.45. The number of rotatable bonds is 3. The third-order valence-corrected chi connectivity index (χ3v) is 7.07. The molecular formula is C17H20N4O2S2. The molecule has 0 radical (unpaired) electrons. The molecular weight excluding hydrogens is 356 g/mol. The minimum Gasteiger partial charge on any atom is -0.336 e. The van der Waals surface area contributed by atoms with Gasteiger partial charge in [-0.2, -0.15) is 0 Å². The molecule has 3 amide bonds. The van der Waals surface area contributed by atoms with Crippen molar-refractivity contribution < 1.29 is 9.59 Å². The molecule has 6 nitrogen and oxygen atoms in total. The zero-order valence-electron chi connectivity index (χ0n) is 14.2. The molecule has 2 aromatic rings. The SMILES string of the molecule is C[C@H]1CCc2c(sc3ncnc(S[C@H](C)C(=O)N4CCNC4=O)c23)C1. The molecule has 2 aromatic heterocycles. The lowest BCUT2D eigenvalue weighted by Gasteiger charge is -2.19. The Morgan fingerprint density at radius 1 is 1.48 bits per heavy atom. The van der Waals surface area contributed by atoms with Gasteiger partial charge < -0.3 is 5.32 Å². The highest BCUT2D eigenvalue weighted by Gasteiger charge is 2.31. The number of aromatic nitrogens is 2. The lowest BCUT2D eigenvalue weighted by Crippen LogP contribution is -2.38. The van der Waals surface area contributed by atoms with Gasteiger partial charge >= 0.3 is 6.03 Å². The number of imide groups is 1. The number of fused-ring (bicyclic) bond motifs is 3. The average molecular weight is 377 g/mol. The van der Waals surface area contributed by atoms with Gasteiger partial charge in [-0.05, 0) is 37.7 Å². The van der Waals surface area contributed by atoms with Crippen molar-refractivity contribution in [2.24, 2.45) is 5.92 Å². The molecule has 132 valence electrons. The van der Waals surface area contributed by atoms with Crippen LogP contribution in [0.1, 0.15) is 30.7 Å². The van der Waals surface area contributed by atoms with Crippen LogP contribution in [0, 0.1) is 5.92 Å². The molecule has 8 heteroatoms. The molecule has 1 N–H and O–H groups in total. The highest BCUT2D eigenvalue weighted by molar-refractivity contribution is 8.00. The Morgan fingerprint density at radius 2 is 2.32 bits per heavy atom.